The van der Waals surface area contributed by atoms with E-state index in [0.717, 1.165) is 33.0 Å². The minimum atomic E-state index is -0.498. The van der Waals surface area contributed by atoms with Gasteiger partial charge in [-0.3, -0.25) is 4.79 Å². The monoisotopic (exact) mass is 524 g/mol. The summed E-state index contributed by atoms with van der Waals surface area (Å²) in [5, 5.41) is 15.1. The fourth-order valence-electron chi connectivity index (χ4n) is 4.25. The lowest BCUT2D eigenvalue weighted by molar-refractivity contribution is -0.112. The molecular weight excluding hydrogens is 496 g/mol. The number of halogens is 1. The summed E-state index contributed by atoms with van der Waals surface area (Å²) >= 11 is 6.65. The van der Waals surface area contributed by atoms with Crippen LogP contribution in [0, 0.1) is 32.1 Å². The van der Waals surface area contributed by atoms with Crippen molar-refractivity contribution in [3.05, 3.63) is 105 Å². The van der Waals surface area contributed by atoms with Crippen molar-refractivity contribution in [1.29, 1.82) is 5.26 Å². The van der Waals surface area contributed by atoms with Gasteiger partial charge in [-0.25, -0.2) is 0 Å². The number of carbonyl (C=O) groups excluding carboxylic acids is 1. The van der Waals surface area contributed by atoms with Gasteiger partial charge in [-0.2, -0.15) is 5.26 Å². The first kappa shape index (κ1) is 26.8. The summed E-state index contributed by atoms with van der Waals surface area (Å²) in [5.74, 6) is 0.356. The molecule has 4 aromatic rings. The van der Waals surface area contributed by atoms with E-state index in [1.54, 1.807) is 12.1 Å². The first-order chi connectivity index (χ1) is 18.3. The Labute approximate surface area is 228 Å². The maximum atomic E-state index is 12.9. The third-order valence-corrected chi connectivity index (χ3v) is 6.78. The van der Waals surface area contributed by atoms with Crippen LogP contribution in [-0.2, 0) is 11.4 Å². The molecule has 0 unspecified atom stereocenters. The molecule has 4 rings (SSSR count). The van der Waals surface area contributed by atoms with Crippen molar-refractivity contribution >= 4 is 40.0 Å². The topological polar surface area (TPSA) is 71.3 Å². The van der Waals surface area contributed by atoms with Crippen LogP contribution in [0.4, 0.5) is 5.69 Å². The predicted molar refractivity (Wildman–Crippen MR) is 154 cm³/mol. The molecule has 5 nitrogen and oxygen atoms in total. The molecule has 0 fully saturated rings. The highest BCUT2D eigenvalue weighted by Crippen LogP contribution is 2.38. The summed E-state index contributed by atoms with van der Waals surface area (Å²) < 4.78 is 12.1. The van der Waals surface area contributed by atoms with Gasteiger partial charge in [-0.15, -0.1) is 0 Å². The first-order valence-electron chi connectivity index (χ1n) is 12.4. The van der Waals surface area contributed by atoms with Crippen LogP contribution in [0.1, 0.15) is 34.7 Å². The number of anilines is 1. The predicted octanol–water partition coefficient (Wildman–Crippen LogP) is 7.94. The van der Waals surface area contributed by atoms with E-state index < -0.39 is 5.91 Å². The Morgan fingerprint density at radius 1 is 1.00 bits per heavy atom. The molecule has 0 aliphatic rings. The average Bonchev–Trinajstić information content (AvgIpc) is 2.90. The van der Waals surface area contributed by atoms with Gasteiger partial charge in [-0.05, 0) is 85.0 Å². The lowest BCUT2D eigenvalue weighted by Gasteiger charge is -2.17. The van der Waals surface area contributed by atoms with Gasteiger partial charge < -0.3 is 14.8 Å². The molecule has 6 heteroatoms. The fraction of sp³-hybridized carbons (Fsp3) is 0.188. The highest BCUT2D eigenvalue weighted by atomic mass is 35.5. The number of ether oxygens (including phenoxy) is 2. The Hall–Kier alpha value is -4.27. The molecule has 192 valence electrons. The summed E-state index contributed by atoms with van der Waals surface area (Å²) in [6.07, 6.45) is 1.49. The van der Waals surface area contributed by atoms with Crippen molar-refractivity contribution in [2.75, 3.05) is 11.9 Å². The van der Waals surface area contributed by atoms with Crippen LogP contribution >= 0.6 is 11.6 Å². The van der Waals surface area contributed by atoms with Gasteiger partial charge in [0, 0.05) is 11.3 Å². The number of nitrogens with one attached hydrogen (secondary N) is 1. The van der Waals surface area contributed by atoms with Crippen LogP contribution in [0.3, 0.4) is 0 Å². The van der Waals surface area contributed by atoms with Crippen molar-refractivity contribution < 1.29 is 14.3 Å². The summed E-state index contributed by atoms with van der Waals surface area (Å²) in [6, 6.07) is 23.4. The van der Waals surface area contributed by atoms with Gasteiger partial charge in [0.1, 0.15) is 18.2 Å². The summed E-state index contributed by atoms with van der Waals surface area (Å²) in [5.41, 5.74) is 5.35. The van der Waals surface area contributed by atoms with E-state index in [1.807, 2.05) is 57.2 Å². The first-order valence-corrected chi connectivity index (χ1v) is 12.8. The van der Waals surface area contributed by atoms with E-state index in [4.69, 9.17) is 21.1 Å². The second-order valence-corrected chi connectivity index (χ2v) is 9.41. The molecule has 1 N–H and O–H groups in total. The van der Waals surface area contributed by atoms with E-state index in [9.17, 15) is 10.1 Å². The zero-order valence-corrected chi connectivity index (χ0v) is 22.6. The van der Waals surface area contributed by atoms with E-state index in [1.165, 1.54) is 6.08 Å². The third-order valence-electron chi connectivity index (χ3n) is 6.50. The molecule has 38 heavy (non-hydrogen) atoms. The minimum Gasteiger partial charge on any atom is -0.490 e. The molecule has 0 aliphatic carbocycles. The Balaban J connectivity index is 1.62. The lowest BCUT2D eigenvalue weighted by atomic mass is 10.0. The Bertz CT molecular complexity index is 1580. The van der Waals surface area contributed by atoms with Crippen LogP contribution in [0.5, 0.6) is 11.5 Å². The molecule has 0 saturated carbocycles. The van der Waals surface area contributed by atoms with Crippen LogP contribution in [0.25, 0.3) is 16.8 Å². The lowest BCUT2D eigenvalue weighted by Crippen LogP contribution is -2.14. The molecule has 0 atom stereocenters. The van der Waals surface area contributed by atoms with E-state index in [-0.39, 0.29) is 5.57 Å². The molecule has 0 aromatic heterocycles. The fourth-order valence-corrected chi connectivity index (χ4v) is 4.52. The highest BCUT2D eigenvalue weighted by Gasteiger charge is 2.16. The van der Waals surface area contributed by atoms with Gasteiger partial charge in [0.25, 0.3) is 5.91 Å². The normalized spacial score (nSPS) is 11.2. The van der Waals surface area contributed by atoms with Crippen molar-refractivity contribution in [1.82, 2.24) is 0 Å². The number of carbonyl (C=O) groups is 1. The maximum absolute atomic E-state index is 12.9. The van der Waals surface area contributed by atoms with Gasteiger partial charge in [0.15, 0.2) is 11.5 Å². The second-order valence-electron chi connectivity index (χ2n) is 9.01. The van der Waals surface area contributed by atoms with Crippen LogP contribution in [0.2, 0.25) is 5.02 Å². The summed E-state index contributed by atoms with van der Waals surface area (Å²) in [4.78, 5) is 12.9. The number of benzene rings is 4. The molecular formula is C32H29ClN2O3. The number of rotatable bonds is 8. The zero-order valence-electron chi connectivity index (χ0n) is 21.9. The number of nitrogens with zero attached hydrogens (tertiary/aromatic N) is 1. The van der Waals surface area contributed by atoms with E-state index >= 15 is 0 Å². The van der Waals surface area contributed by atoms with Gasteiger partial charge in [0.2, 0.25) is 0 Å². The summed E-state index contributed by atoms with van der Waals surface area (Å²) in [6.45, 7) is 8.52. The number of hydrogen-bond donors (Lipinski definition) is 1. The molecule has 0 aliphatic heterocycles. The van der Waals surface area contributed by atoms with Crippen molar-refractivity contribution in [2.24, 2.45) is 0 Å². The molecule has 1 amide bonds. The van der Waals surface area contributed by atoms with Crippen molar-refractivity contribution in [3.8, 4) is 17.6 Å². The molecule has 0 saturated heterocycles. The number of amides is 1. The van der Waals surface area contributed by atoms with Crippen LogP contribution < -0.4 is 14.8 Å². The molecule has 4 aromatic carbocycles. The number of hydrogen-bond acceptors (Lipinski definition) is 4. The maximum Gasteiger partial charge on any atom is 0.266 e. The van der Waals surface area contributed by atoms with Crippen LogP contribution in [0.15, 0.2) is 72.3 Å². The standard InChI is InChI=1S/C32H29ClN2O3/c1-5-37-30-17-23(15-25(18-34)32(36)35-29-12-8-9-20(2)22(29)4)16-28(33)31(30)38-19-27-21(3)13-14-24-10-6-7-11-26(24)27/h6-17H,5,19H2,1-4H3,(H,35,36)/b25-15+. The number of fused-ring (bicyclic) bond motifs is 1. The Morgan fingerprint density at radius 3 is 2.55 bits per heavy atom. The van der Waals surface area contributed by atoms with Gasteiger partial charge in [0.05, 0.1) is 11.6 Å². The quantitative estimate of drug-likeness (QED) is 0.187. The Kier molecular flexibility index (Phi) is 8.35. The molecule has 0 radical (unpaired) electrons. The third kappa shape index (κ3) is 5.82. The summed E-state index contributed by atoms with van der Waals surface area (Å²) in [7, 11) is 0. The van der Waals surface area contributed by atoms with Gasteiger partial charge in [-0.1, -0.05) is 60.1 Å². The smallest absolute Gasteiger partial charge is 0.266 e. The van der Waals surface area contributed by atoms with Crippen LogP contribution in [-0.4, -0.2) is 12.5 Å². The average molecular weight is 525 g/mol. The zero-order chi connectivity index (χ0) is 27.2. The van der Waals surface area contributed by atoms with E-state index in [2.05, 4.69) is 36.5 Å². The van der Waals surface area contributed by atoms with Crippen molar-refractivity contribution in [3.63, 3.8) is 0 Å². The largest absolute Gasteiger partial charge is 0.490 e. The van der Waals surface area contributed by atoms with Crippen molar-refractivity contribution in [2.45, 2.75) is 34.3 Å². The SMILES string of the molecule is CCOc1cc(/C=C(\C#N)C(=O)Nc2cccc(C)c2C)cc(Cl)c1OCc1c(C)ccc2ccccc12. The number of aryl methyl sites for hydroxylation is 2. The molecule has 0 spiro atoms. The highest BCUT2D eigenvalue weighted by molar-refractivity contribution is 6.32. The molecule has 0 bridgehead atoms. The molecule has 0 heterocycles. The second kappa shape index (κ2) is 11.9. The van der Waals surface area contributed by atoms with Gasteiger partial charge >= 0.3 is 0 Å². The minimum absolute atomic E-state index is 0.0514. The number of nitriles is 1. The Morgan fingerprint density at radius 2 is 1.79 bits per heavy atom. The van der Waals surface area contributed by atoms with E-state index in [0.29, 0.717) is 41.0 Å².